The van der Waals surface area contributed by atoms with Crippen molar-refractivity contribution >= 4 is 15.9 Å². The summed E-state index contributed by atoms with van der Waals surface area (Å²) < 4.78 is 1.16. The highest BCUT2D eigenvalue weighted by molar-refractivity contribution is 9.10. The van der Waals surface area contributed by atoms with Crippen LogP contribution in [0.3, 0.4) is 0 Å². The molecule has 1 heteroatoms. The molecular weight excluding hydrogens is 440 g/mol. The van der Waals surface area contributed by atoms with Crippen LogP contribution in [0.4, 0.5) is 0 Å². The first-order chi connectivity index (χ1) is 14.8. The van der Waals surface area contributed by atoms with Crippen LogP contribution < -0.4 is 0 Å². The summed E-state index contributed by atoms with van der Waals surface area (Å²) in [5.74, 6) is 0. The van der Waals surface area contributed by atoms with Crippen molar-refractivity contribution in [3.8, 4) is 11.1 Å². The molecule has 0 N–H and O–H groups in total. The minimum absolute atomic E-state index is 0.0736. The number of benzene rings is 4. The van der Waals surface area contributed by atoms with Gasteiger partial charge in [-0.25, -0.2) is 0 Å². The Hall–Kier alpha value is -2.64. The minimum Gasteiger partial charge on any atom is -0.0622 e. The minimum atomic E-state index is -0.343. The third-order valence-corrected chi connectivity index (χ3v) is 7.34. The number of hydrogen-bond acceptors (Lipinski definition) is 0. The lowest BCUT2D eigenvalue weighted by atomic mass is 9.67. The van der Waals surface area contributed by atoms with Crippen molar-refractivity contribution in [1.29, 1.82) is 0 Å². The molecule has 0 nitrogen and oxygen atoms in total. The smallest absolute Gasteiger partial charge is 0.0622 e. The molecule has 0 radical (unpaired) electrons. The molecule has 0 bridgehead atoms. The molecule has 0 spiro atoms. The average molecular weight is 467 g/mol. The maximum absolute atomic E-state index is 3.90. The van der Waals surface area contributed by atoms with E-state index in [0.717, 1.165) is 4.47 Å². The number of fused-ring (bicyclic) bond motifs is 3. The molecule has 0 unspecified atom stereocenters. The van der Waals surface area contributed by atoms with Gasteiger partial charge in [-0.05, 0) is 57.3 Å². The van der Waals surface area contributed by atoms with Crippen LogP contribution in [-0.4, -0.2) is 0 Å². The zero-order chi connectivity index (χ0) is 21.8. The fourth-order valence-corrected chi connectivity index (χ4v) is 6.03. The molecule has 1 aliphatic carbocycles. The Kier molecular flexibility index (Phi) is 4.71. The number of hydrogen-bond donors (Lipinski definition) is 0. The lowest BCUT2D eigenvalue weighted by Gasteiger charge is -2.35. The third kappa shape index (κ3) is 2.94. The Morgan fingerprint density at radius 3 is 1.81 bits per heavy atom. The summed E-state index contributed by atoms with van der Waals surface area (Å²) in [7, 11) is 0. The van der Waals surface area contributed by atoms with Gasteiger partial charge < -0.3 is 0 Å². The third-order valence-electron chi connectivity index (χ3n) is 6.68. The summed E-state index contributed by atoms with van der Waals surface area (Å²) in [6.07, 6.45) is 0. The van der Waals surface area contributed by atoms with Crippen LogP contribution in [0.1, 0.15) is 54.2 Å². The van der Waals surface area contributed by atoms with E-state index in [0.29, 0.717) is 0 Å². The summed E-state index contributed by atoms with van der Waals surface area (Å²) >= 11 is 3.90. The maximum Gasteiger partial charge on any atom is 0.0714 e. The van der Waals surface area contributed by atoms with Gasteiger partial charge in [-0.1, -0.05) is 122 Å². The predicted octanol–water partition coefficient (Wildman–Crippen LogP) is 8.42. The van der Waals surface area contributed by atoms with Gasteiger partial charge in [0.15, 0.2) is 0 Å². The Labute approximate surface area is 194 Å². The van der Waals surface area contributed by atoms with Crippen molar-refractivity contribution in [3.05, 3.63) is 129 Å². The molecule has 0 aromatic heterocycles. The van der Waals surface area contributed by atoms with E-state index in [1.165, 1.54) is 44.5 Å². The Morgan fingerprint density at radius 2 is 1.26 bits per heavy atom. The summed E-state index contributed by atoms with van der Waals surface area (Å²) in [4.78, 5) is 0. The van der Waals surface area contributed by atoms with Crippen molar-refractivity contribution in [2.75, 3.05) is 0 Å². The van der Waals surface area contributed by atoms with Gasteiger partial charge >= 0.3 is 0 Å². The van der Waals surface area contributed by atoms with Crippen LogP contribution in [-0.2, 0) is 10.8 Å². The molecule has 154 valence electrons. The van der Waals surface area contributed by atoms with Gasteiger partial charge in [0.1, 0.15) is 0 Å². The van der Waals surface area contributed by atoms with Crippen LogP contribution in [0.15, 0.2) is 95.5 Å². The molecule has 0 fully saturated rings. The van der Waals surface area contributed by atoms with Crippen LogP contribution in [0.2, 0.25) is 0 Å². The highest BCUT2D eigenvalue weighted by Crippen LogP contribution is 2.58. The van der Waals surface area contributed by atoms with Gasteiger partial charge in [0.25, 0.3) is 0 Å². The highest BCUT2D eigenvalue weighted by atomic mass is 79.9. The molecule has 0 atom stereocenters. The molecule has 0 amide bonds. The van der Waals surface area contributed by atoms with Crippen LogP contribution >= 0.6 is 15.9 Å². The molecule has 4 aromatic carbocycles. The lowest BCUT2D eigenvalue weighted by Crippen LogP contribution is -2.29. The first kappa shape index (κ1) is 20.3. The van der Waals surface area contributed by atoms with Crippen molar-refractivity contribution in [2.24, 2.45) is 0 Å². The summed E-state index contributed by atoms with van der Waals surface area (Å²) in [5.41, 5.74) is 10.5. The van der Waals surface area contributed by atoms with Gasteiger partial charge in [-0.3, -0.25) is 0 Å². The predicted molar refractivity (Wildman–Crippen MR) is 135 cm³/mol. The molecule has 5 rings (SSSR count). The summed E-state index contributed by atoms with van der Waals surface area (Å²) in [6.45, 7) is 9.19. The number of rotatable bonds is 2. The van der Waals surface area contributed by atoms with Crippen LogP contribution in [0.25, 0.3) is 11.1 Å². The van der Waals surface area contributed by atoms with Gasteiger partial charge in [0.05, 0.1) is 5.41 Å². The number of aryl methyl sites for hydroxylation is 1. The maximum atomic E-state index is 3.90. The van der Waals surface area contributed by atoms with Gasteiger partial charge in [-0.15, -0.1) is 0 Å². The standard InChI is InChI=1S/C30H27Br/c1-20-18-23-26(19-25(20)29(2,3)4)30(21-12-7-5-8-13-21,22-14-9-6-10-15-22)24-16-11-17-27(31)28(23)24/h5-19H,1-4H3. The second-order valence-corrected chi connectivity index (χ2v) is 10.5. The molecule has 0 heterocycles. The normalized spacial score (nSPS) is 14.2. The van der Waals surface area contributed by atoms with Crippen molar-refractivity contribution in [1.82, 2.24) is 0 Å². The Morgan fingerprint density at radius 1 is 0.677 bits per heavy atom. The molecule has 1 aliphatic rings. The van der Waals surface area contributed by atoms with E-state index in [1.54, 1.807) is 0 Å². The zero-order valence-corrected chi connectivity index (χ0v) is 20.1. The monoisotopic (exact) mass is 466 g/mol. The van der Waals surface area contributed by atoms with Crippen LogP contribution in [0.5, 0.6) is 0 Å². The van der Waals surface area contributed by atoms with Gasteiger partial charge in [0, 0.05) is 10.0 Å². The van der Waals surface area contributed by atoms with Gasteiger partial charge in [0.2, 0.25) is 0 Å². The van der Waals surface area contributed by atoms with E-state index in [-0.39, 0.29) is 10.8 Å². The second kappa shape index (κ2) is 7.21. The van der Waals surface area contributed by atoms with E-state index in [1.807, 2.05) is 0 Å². The first-order valence-corrected chi connectivity index (χ1v) is 11.7. The van der Waals surface area contributed by atoms with E-state index < -0.39 is 0 Å². The summed E-state index contributed by atoms with van der Waals surface area (Å²) in [6, 6.07) is 33.5. The topological polar surface area (TPSA) is 0 Å². The molecule has 0 saturated carbocycles. The van der Waals surface area contributed by atoms with E-state index in [9.17, 15) is 0 Å². The molecule has 0 aliphatic heterocycles. The van der Waals surface area contributed by atoms with E-state index in [2.05, 4.69) is 135 Å². The Balaban J connectivity index is 2.01. The highest BCUT2D eigenvalue weighted by Gasteiger charge is 2.47. The molecule has 31 heavy (non-hydrogen) atoms. The lowest BCUT2D eigenvalue weighted by molar-refractivity contribution is 0.584. The van der Waals surface area contributed by atoms with E-state index >= 15 is 0 Å². The van der Waals surface area contributed by atoms with Crippen molar-refractivity contribution in [3.63, 3.8) is 0 Å². The molecule has 0 saturated heterocycles. The van der Waals surface area contributed by atoms with Crippen molar-refractivity contribution in [2.45, 2.75) is 38.5 Å². The number of halogens is 1. The second-order valence-electron chi connectivity index (χ2n) is 9.61. The fourth-order valence-electron chi connectivity index (χ4n) is 5.45. The van der Waals surface area contributed by atoms with E-state index in [4.69, 9.17) is 0 Å². The largest absolute Gasteiger partial charge is 0.0714 e. The van der Waals surface area contributed by atoms with Gasteiger partial charge in [-0.2, -0.15) is 0 Å². The Bertz CT molecular complexity index is 1220. The van der Waals surface area contributed by atoms with Crippen molar-refractivity contribution < 1.29 is 0 Å². The molecule has 4 aromatic rings. The molecular formula is C30H27Br. The fraction of sp³-hybridized carbons (Fsp3) is 0.200. The zero-order valence-electron chi connectivity index (χ0n) is 18.5. The SMILES string of the molecule is Cc1cc2c(cc1C(C)(C)C)C(c1ccccc1)(c1ccccc1)c1cccc(Br)c1-2. The summed E-state index contributed by atoms with van der Waals surface area (Å²) in [5, 5.41) is 0. The quantitative estimate of drug-likeness (QED) is 0.244. The first-order valence-electron chi connectivity index (χ1n) is 10.9. The average Bonchev–Trinajstić information content (AvgIpc) is 3.05. The van der Waals surface area contributed by atoms with Crippen LogP contribution in [0, 0.1) is 6.92 Å².